The summed E-state index contributed by atoms with van der Waals surface area (Å²) in [5.74, 6) is 0.383. The summed E-state index contributed by atoms with van der Waals surface area (Å²) in [6.45, 7) is 2.12. The number of hydrogen-bond acceptors (Lipinski definition) is 7. The minimum absolute atomic E-state index is 0.0164. The molecule has 1 aromatic carbocycles. The van der Waals surface area contributed by atoms with E-state index in [4.69, 9.17) is 4.52 Å². The van der Waals surface area contributed by atoms with Gasteiger partial charge in [0, 0.05) is 30.9 Å². The van der Waals surface area contributed by atoms with E-state index in [1.807, 2.05) is 17.2 Å². The van der Waals surface area contributed by atoms with E-state index in [1.54, 1.807) is 23.1 Å². The maximum absolute atomic E-state index is 13.2. The molecule has 4 rings (SSSR count). The Morgan fingerprint density at radius 1 is 1.24 bits per heavy atom. The summed E-state index contributed by atoms with van der Waals surface area (Å²) in [4.78, 5) is 37.7. The van der Waals surface area contributed by atoms with Crippen molar-refractivity contribution in [3.05, 3.63) is 30.7 Å². The third kappa shape index (κ3) is 5.65. The molecular formula is C22H26N8O3. The number of carbonyl (C=O) groups is 2. The Kier molecular flexibility index (Phi) is 7.14. The van der Waals surface area contributed by atoms with Crippen LogP contribution in [0.4, 0.5) is 5.69 Å². The number of amides is 2. The van der Waals surface area contributed by atoms with Crippen LogP contribution in [-0.2, 0) is 9.59 Å². The SMILES string of the molecule is N#CNC(=NC1CCCCN(CC(=O)N2CCCC2)C1=O)Nc1cccc(-c2ncon2)c1. The molecule has 11 nitrogen and oxygen atoms in total. The summed E-state index contributed by atoms with van der Waals surface area (Å²) in [5, 5.41) is 18.6. The van der Waals surface area contributed by atoms with E-state index in [0.717, 1.165) is 44.3 Å². The number of likely N-dealkylation sites (tertiary alicyclic amines) is 2. The lowest BCUT2D eigenvalue weighted by atomic mass is 10.1. The van der Waals surface area contributed by atoms with Gasteiger partial charge in [0.05, 0.1) is 6.54 Å². The van der Waals surface area contributed by atoms with Gasteiger partial charge in [-0.3, -0.25) is 14.9 Å². The normalized spacial score (nSPS) is 19.2. The van der Waals surface area contributed by atoms with E-state index < -0.39 is 6.04 Å². The molecular weight excluding hydrogens is 424 g/mol. The van der Waals surface area contributed by atoms with Crippen molar-refractivity contribution >= 4 is 23.5 Å². The maximum Gasteiger partial charge on any atom is 0.247 e. The number of hydrogen-bond donors (Lipinski definition) is 2. The van der Waals surface area contributed by atoms with E-state index in [0.29, 0.717) is 24.5 Å². The zero-order valence-corrected chi connectivity index (χ0v) is 18.2. The highest BCUT2D eigenvalue weighted by atomic mass is 16.5. The van der Waals surface area contributed by atoms with Crippen molar-refractivity contribution in [3.63, 3.8) is 0 Å². The third-order valence-electron chi connectivity index (χ3n) is 5.74. The van der Waals surface area contributed by atoms with Crippen molar-refractivity contribution in [2.45, 2.75) is 38.1 Å². The van der Waals surface area contributed by atoms with E-state index in [-0.39, 0.29) is 24.3 Å². The average molecular weight is 451 g/mol. The second-order valence-electron chi connectivity index (χ2n) is 8.03. The number of aliphatic imine (C=N–C) groups is 1. The molecule has 2 aliphatic heterocycles. The first-order valence-electron chi connectivity index (χ1n) is 11.1. The van der Waals surface area contributed by atoms with Gasteiger partial charge in [-0.2, -0.15) is 10.2 Å². The van der Waals surface area contributed by atoms with Gasteiger partial charge in [-0.15, -0.1) is 0 Å². The number of nitriles is 1. The molecule has 0 saturated carbocycles. The van der Waals surface area contributed by atoms with Crippen molar-refractivity contribution in [1.82, 2.24) is 25.3 Å². The predicted molar refractivity (Wildman–Crippen MR) is 120 cm³/mol. The molecule has 33 heavy (non-hydrogen) atoms. The summed E-state index contributed by atoms with van der Waals surface area (Å²) < 4.78 is 4.79. The Balaban J connectivity index is 1.48. The zero-order valence-electron chi connectivity index (χ0n) is 18.2. The number of benzene rings is 1. The van der Waals surface area contributed by atoms with Gasteiger partial charge >= 0.3 is 0 Å². The van der Waals surface area contributed by atoms with Crippen LogP contribution < -0.4 is 10.6 Å². The van der Waals surface area contributed by atoms with Crippen LogP contribution in [0.2, 0.25) is 0 Å². The van der Waals surface area contributed by atoms with Crippen molar-refractivity contribution in [3.8, 4) is 17.6 Å². The van der Waals surface area contributed by atoms with Crippen LogP contribution in [0.15, 0.2) is 40.2 Å². The molecule has 3 heterocycles. The number of anilines is 1. The van der Waals surface area contributed by atoms with E-state index in [1.165, 1.54) is 6.39 Å². The predicted octanol–water partition coefficient (Wildman–Crippen LogP) is 1.58. The van der Waals surface area contributed by atoms with E-state index in [2.05, 4.69) is 25.8 Å². The van der Waals surface area contributed by atoms with Crippen LogP contribution >= 0.6 is 0 Å². The highest BCUT2D eigenvalue weighted by molar-refractivity contribution is 5.97. The van der Waals surface area contributed by atoms with Crippen LogP contribution in [0, 0.1) is 11.5 Å². The molecule has 2 fully saturated rings. The second-order valence-corrected chi connectivity index (χ2v) is 8.03. The number of rotatable bonds is 5. The second kappa shape index (κ2) is 10.6. The van der Waals surface area contributed by atoms with Gasteiger partial charge in [0.25, 0.3) is 0 Å². The van der Waals surface area contributed by atoms with Crippen LogP contribution in [-0.4, -0.2) is 69.9 Å². The lowest BCUT2D eigenvalue weighted by Gasteiger charge is -2.25. The fourth-order valence-electron chi connectivity index (χ4n) is 4.07. The van der Waals surface area contributed by atoms with Gasteiger partial charge in [0.1, 0.15) is 6.04 Å². The molecule has 0 bridgehead atoms. The Hall–Kier alpha value is -3.94. The van der Waals surface area contributed by atoms with Crippen LogP contribution in [0.5, 0.6) is 0 Å². The Morgan fingerprint density at radius 3 is 2.82 bits per heavy atom. The van der Waals surface area contributed by atoms with Gasteiger partial charge in [-0.25, -0.2) is 4.99 Å². The maximum atomic E-state index is 13.2. The van der Waals surface area contributed by atoms with E-state index in [9.17, 15) is 14.9 Å². The molecule has 0 spiro atoms. The summed E-state index contributed by atoms with van der Waals surface area (Å²) in [6, 6.07) is 6.54. The monoisotopic (exact) mass is 450 g/mol. The summed E-state index contributed by atoms with van der Waals surface area (Å²) in [6.07, 6.45) is 7.30. The first-order chi connectivity index (χ1) is 16.1. The molecule has 0 aliphatic carbocycles. The lowest BCUT2D eigenvalue weighted by molar-refractivity contribution is -0.140. The summed E-state index contributed by atoms with van der Waals surface area (Å²) in [5.41, 5.74) is 1.36. The van der Waals surface area contributed by atoms with Crippen LogP contribution in [0.1, 0.15) is 32.1 Å². The topological polar surface area (TPSA) is 140 Å². The minimum Gasteiger partial charge on any atom is -0.342 e. The highest BCUT2D eigenvalue weighted by Crippen LogP contribution is 2.20. The average Bonchev–Trinajstić information content (AvgIpc) is 3.52. The fraction of sp³-hybridized carbons (Fsp3) is 0.455. The van der Waals surface area contributed by atoms with Gasteiger partial charge < -0.3 is 19.6 Å². The van der Waals surface area contributed by atoms with Crippen molar-refractivity contribution in [1.29, 1.82) is 5.26 Å². The lowest BCUT2D eigenvalue weighted by Crippen LogP contribution is -2.45. The Bertz CT molecular complexity index is 1040. The highest BCUT2D eigenvalue weighted by Gasteiger charge is 2.30. The standard InChI is InChI=1S/C22H26N8O3/c23-14-24-22(26-17-7-5-6-16(12-17)20-25-15-33-28-20)27-18-8-1-2-11-30(21(18)32)13-19(31)29-9-3-4-10-29/h5-7,12,15,18H,1-4,8-11,13H2,(H2,24,26,27). The Morgan fingerprint density at radius 2 is 2.06 bits per heavy atom. The number of aromatic nitrogens is 2. The molecule has 11 heteroatoms. The number of guanidine groups is 1. The number of nitrogens with one attached hydrogen (secondary N) is 2. The zero-order chi connectivity index (χ0) is 23.0. The quantitative estimate of drug-likeness (QED) is 0.303. The van der Waals surface area contributed by atoms with Crippen molar-refractivity contribution < 1.29 is 14.1 Å². The van der Waals surface area contributed by atoms with Crippen LogP contribution in [0.3, 0.4) is 0 Å². The number of carbonyl (C=O) groups excluding carboxylic acids is 2. The fourth-order valence-corrected chi connectivity index (χ4v) is 4.07. The molecule has 1 aromatic heterocycles. The van der Waals surface area contributed by atoms with Crippen LogP contribution in [0.25, 0.3) is 11.4 Å². The van der Waals surface area contributed by atoms with Crippen molar-refractivity contribution in [2.75, 3.05) is 31.5 Å². The molecule has 2 aliphatic rings. The van der Waals surface area contributed by atoms with Gasteiger partial charge in [0.15, 0.2) is 6.19 Å². The van der Waals surface area contributed by atoms with Gasteiger partial charge in [-0.05, 0) is 44.2 Å². The van der Waals surface area contributed by atoms with E-state index >= 15 is 0 Å². The molecule has 2 aromatic rings. The summed E-state index contributed by atoms with van der Waals surface area (Å²) >= 11 is 0. The molecule has 2 saturated heterocycles. The molecule has 0 radical (unpaired) electrons. The summed E-state index contributed by atoms with van der Waals surface area (Å²) in [7, 11) is 0. The molecule has 172 valence electrons. The minimum atomic E-state index is -0.678. The molecule has 1 atom stereocenters. The number of nitrogens with zero attached hydrogens (tertiary/aromatic N) is 6. The van der Waals surface area contributed by atoms with Crippen molar-refractivity contribution in [2.24, 2.45) is 4.99 Å². The Labute approximate surface area is 191 Å². The molecule has 2 amide bonds. The largest absolute Gasteiger partial charge is 0.342 e. The first-order valence-corrected chi connectivity index (χ1v) is 11.1. The molecule has 2 N–H and O–H groups in total. The van der Waals surface area contributed by atoms with Gasteiger partial charge in [-0.1, -0.05) is 17.3 Å². The smallest absolute Gasteiger partial charge is 0.247 e. The first kappa shape index (κ1) is 22.3. The molecule has 1 unspecified atom stereocenters. The third-order valence-corrected chi connectivity index (χ3v) is 5.74. The van der Waals surface area contributed by atoms with Gasteiger partial charge in [0.2, 0.25) is 30.0 Å².